The monoisotopic (exact) mass is 274 g/mol. The highest BCUT2D eigenvalue weighted by Gasteiger charge is 2.37. The van der Waals surface area contributed by atoms with Crippen LogP contribution < -0.4 is 10.5 Å². The van der Waals surface area contributed by atoms with Gasteiger partial charge in [0.05, 0.1) is 12.6 Å². The van der Waals surface area contributed by atoms with Gasteiger partial charge in [0.2, 0.25) is 0 Å². The number of hydrogen-bond donors (Lipinski definition) is 1. The standard InChI is InChI=1S/C17H26N2O/c1-4-11-17(18,14(2)19-12-5-6-13-19)15-7-9-16(20-3)10-8-15/h4,7-10,14H,1,5-6,11-13,18H2,2-3H3. The molecule has 0 aromatic heterocycles. The van der Waals surface area contributed by atoms with Gasteiger partial charge in [-0.1, -0.05) is 18.2 Å². The van der Waals surface area contributed by atoms with Crippen LogP contribution in [0, 0.1) is 0 Å². The van der Waals surface area contributed by atoms with Gasteiger partial charge in [-0.2, -0.15) is 0 Å². The summed E-state index contributed by atoms with van der Waals surface area (Å²) in [5.41, 5.74) is 7.55. The van der Waals surface area contributed by atoms with Crippen LogP contribution in [0.2, 0.25) is 0 Å². The number of likely N-dealkylation sites (tertiary alicyclic amines) is 1. The maximum Gasteiger partial charge on any atom is 0.118 e. The third-order valence-electron chi connectivity index (χ3n) is 4.54. The quantitative estimate of drug-likeness (QED) is 0.811. The molecule has 1 heterocycles. The summed E-state index contributed by atoms with van der Waals surface area (Å²) in [7, 11) is 1.68. The van der Waals surface area contributed by atoms with Crippen LogP contribution in [-0.4, -0.2) is 31.1 Å². The Morgan fingerprint density at radius 3 is 2.45 bits per heavy atom. The Labute approximate surface area is 122 Å². The molecule has 2 unspecified atom stereocenters. The van der Waals surface area contributed by atoms with E-state index >= 15 is 0 Å². The molecule has 2 N–H and O–H groups in total. The van der Waals surface area contributed by atoms with Crippen molar-refractivity contribution in [2.24, 2.45) is 5.73 Å². The Morgan fingerprint density at radius 2 is 1.95 bits per heavy atom. The zero-order valence-electron chi connectivity index (χ0n) is 12.6. The van der Waals surface area contributed by atoms with E-state index < -0.39 is 5.54 Å². The summed E-state index contributed by atoms with van der Waals surface area (Å²) < 4.78 is 5.23. The van der Waals surface area contributed by atoms with Crippen molar-refractivity contribution in [3.63, 3.8) is 0 Å². The highest BCUT2D eigenvalue weighted by Crippen LogP contribution is 2.32. The maximum absolute atomic E-state index is 6.79. The molecule has 1 aliphatic heterocycles. The van der Waals surface area contributed by atoms with E-state index in [2.05, 4.69) is 30.5 Å². The highest BCUT2D eigenvalue weighted by molar-refractivity contribution is 5.33. The SMILES string of the molecule is C=CCC(N)(c1ccc(OC)cc1)C(C)N1CCCC1. The van der Waals surface area contributed by atoms with Crippen molar-refractivity contribution in [1.82, 2.24) is 4.90 Å². The lowest BCUT2D eigenvalue weighted by atomic mass is 9.80. The van der Waals surface area contributed by atoms with Crippen molar-refractivity contribution in [3.8, 4) is 5.75 Å². The van der Waals surface area contributed by atoms with Gasteiger partial charge >= 0.3 is 0 Å². The topological polar surface area (TPSA) is 38.5 Å². The van der Waals surface area contributed by atoms with Crippen molar-refractivity contribution >= 4 is 0 Å². The van der Waals surface area contributed by atoms with Gasteiger partial charge in [0.25, 0.3) is 0 Å². The van der Waals surface area contributed by atoms with Crippen LogP contribution in [0.25, 0.3) is 0 Å². The zero-order valence-corrected chi connectivity index (χ0v) is 12.6. The lowest BCUT2D eigenvalue weighted by Gasteiger charge is -2.40. The molecule has 1 aromatic carbocycles. The Balaban J connectivity index is 2.28. The number of hydrogen-bond acceptors (Lipinski definition) is 3. The first-order valence-corrected chi connectivity index (χ1v) is 7.40. The van der Waals surface area contributed by atoms with Gasteiger partial charge in [0.15, 0.2) is 0 Å². The fourth-order valence-corrected chi connectivity index (χ4v) is 3.12. The second-order valence-electron chi connectivity index (χ2n) is 5.68. The summed E-state index contributed by atoms with van der Waals surface area (Å²) in [5, 5.41) is 0. The first-order valence-electron chi connectivity index (χ1n) is 7.40. The van der Waals surface area contributed by atoms with Crippen molar-refractivity contribution in [2.45, 2.75) is 37.8 Å². The van der Waals surface area contributed by atoms with E-state index in [1.807, 2.05) is 18.2 Å². The van der Waals surface area contributed by atoms with Crippen molar-refractivity contribution in [2.75, 3.05) is 20.2 Å². The summed E-state index contributed by atoms with van der Waals surface area (Å²) in [6.45, 7) is 8.42. The predicted molar refractivity (Wildman–Crippen MR) is 83.9 cm³/mol. The first kappa shape index (κ1) is 15.1. The van der Waals surface area contributed by atoms with E-state index in [-0.39, 0.29) is 0 Å². The van der Waals surface area contributed by atoms with E-state index in [9.17, 15) is 0 Å². The van der Waals surface area contributed by atoms with Gasteiger partial charge < -0.3 is 10.5 Å². The fourth-order valence-electron chi connectivity index (χ4n) is 3.12. The molecule has 3 heteroatoms. The normalized spacial score (nSPS) is 20.4. The van der Waals surface area contributed by atoms with E-state index in [0.29, 0.717) is 6.04 Å². The first-order chi connectivity index (χ1) is 9.61. The van der Waals surface area contributed by atoms with Crippen molar-refractivity contribution in [3.05, 3.63) is 42.5 Å². The summed E-state index contributed by atoms with van der Waals surface area (Å²) in [5.74, 6) is 0.864. The summed E-state index contributed by atoms with van der Waals surface area (Å²) in [6, 6.07) is 8.42. The van der Waals surface area contributed by atoms with Crippen LogP contribution in [0.5, 0.6) is 5.75 Å². The molecular formula is C17H26N2O. The van der Waals surface area contributed by atoms with Crippen LogP contribution in [0.3, 0.4) is 0 Å². The molecule has 0 aliphatic carbocycles. The largest absolute Gasteiger partial charge is 0.497 e. The molecule has 2 atom stereocenters. The minimum atomic E-state index is -0.391. The molecule has 3 nitrogen and oxygen atoms in total. The molecule has 0 saturated carbocycles. The van der Waals surface area contributed by atoms with Gasteiger partial charge in [-0.25, -0.2) is 0 Å². The molecular weight excluding hydrogens is 248 g/mol. The Bertz CT molecular complexity index is 437. The molecule has 110 valence electrons. The molecule has 20 heavy (non-hydrogen) atoms. The third-order valence-corrected chi connectivity index (χ3v) is 4.54. The molecule has 0 bridgehead atoms. The zero-order chi connectivity index (χ0) is 14.6. The van der Waals surface area contributed by atoms with Gasteiger partial charge in [-0.05, 0) is 57.0 Å². The number of methoxy groups -OCH3 is 1. The van der Waals surface area contributed by atoms with E-state index in [1.165, 1.54) is 12.8 Å². The van der Waals surface area contributed by atoms with Crippen LogP contribution in [0.15, 0.2) is 36.9 Å². The van der Waals surface area contributed by atoms with Gasteiger partial charge in [0.1, 0.15) is 5.75 Å². The maximum atomic E-state index is 6.79. The highest BCUT2D eigenvalue weighted by atomic mass is 16.5. The Morgan fingerprint density at radius 1 is 1.35 bits per heavy atom. The van der Waals surface area contributed by atoms with Crippen molar-refractivity contribution in [1.29, 1.82) is 0 Å². The van der Waals surface area contributed by atoms with E-state index in [0.717, 1.165) is 30.8 Å². The molecule has 1 aromatic rings. The minimum Gasteiger partial charge on any atom is -0.497 e. The van der Waals surface area contributed by atoms with Gasteiger partial charge in [-0.15, -0.1) is 6.58 Å². The second-order valence-corrected chi connectivity index (χ2v) is 5.68. The molecule has 1 saturated heterocycles. The van der Waals surface area contributed by atoms with Crippen LogP contribution >= 0.6 is 0 Å². The second kappa shape index (κ2) is 6.42. The predicted octanol–water partition coefficient (Wildman–Crippen LogP) is 2.91. The fraction of sp³-hybridized carbons (Fsp3) is 0.529. The Hall–Kier alpha value is -1.32. The Kier molecular flexibility index (Phi) is 4.84. The molecule has 1 aliphatic rings. The van der Waals surface area contributed by atoms with Crippen LogP contribution in [0.1, 0.15) is 31.7 Å². The summed E-state index contributed by atoms with van der Waals surface area (Å²) in [4.78, 5) is 2.49. The summed E-state index contributed by atoms with van der Waals surface area (Å²) in [6.07, 6.45) is 5.25. The smallest absolute Gasteiger partial charge is 0.118 e. The molecule has 0 spiro atoms. The van der Waals surface area contributed by atoms with E-state index in [4.69, 9.17) is 10.5 Å². The van der Waals surface area contributed by atoms with Gasteiger partial charge in [0, 0.05) is 6.04 Å². The lowest BCUT2D eigenvalue weighted by Crippen LogP contribution is -2.53. The van der Waals surface area contributed by atoms with Crippen LogP contribution in [0.4, 0.5) is 0 Å². The molecule has 1 fully saturated rings. The van der Waals surface area contributed by atoms with Crippen molar-refractivity contribution < 1.29 is 4.74 Å². The average molecular weight is 274 g/mol. The number of rotatable bonds is 6. The molecule has 0 radical (unpaired) electrons. The number of ether oxygens (including phenoxy) is 1. The number of benzene rings is 1. The number of nitrogens with two attached hydrogens (primary N) is 1. The van der Waals surface area contributed by atoms with Crippen LogP contribution in [-0.2, 0) is 5.54 Å². The lowest BCUT2D eigenvalue weighted by molar-refractivity contribution is 0.161. The summed E-state index contributed by atoms with van der Waals surface area (Å²) >= 11 is 0. The average Bonchev–Trinajstić information content (AvgIpc) is 3.01. The number of nitrogens with zero attached hydrogens (tertiary/aromatic N) is 1. The third kappa shape index (κ3) is 2.89. The minimum absolute atomic E-state index is 0.302. The molecule has 0 amide bonds. The molecule has 2 rings (SSSR count). The van der Waals surface area contributed by atoms with Gasteiger partial charge in [-0.3, -0.25) is 4.90 Å². The van der Waals surface area contributed by atoms with E-state index in [1.54, 1.807) is 7.11 Å².